The van der Waals surface area contributed by atoms with Gasteiger partial charge in [-0.3, -0.25) is 4.98 Å². The Labute approximate surface area is 148 Å². The lowest BCUT2D eigenvalue weighted by atomic mass is 10.1. The fraction of sp³-hybridized carbons (Fsp3) is 0.143. The van der Waals surface area contributed by atoms with E-state index in [-0.39, 0.29) is 6.03 Å². The molecule has 0 atom stereocenters. The van der Waals surface area contributed by atoms with Gasteiger partial charge in [0, 0.05) is 31.2 Å². The SMILES string of the molecule is Cc1ccc(CN(Cc2ccncc2)C(=O)Nc2ccccc2)cc1. The largest absolute Gasteiger partial charge is 0.322 e. The van der Waals surface area contributed by atoms with Crippen molar-refractivity contribution in [2.24, 2.45) is 0 Å². The van der Waals surface area contributed by atoms with Crippen molar-refractivity contribution in [1.29, 1.82) is 0 Å². The Morgan fingerprint density at radius 3 is 2.12 bits per heavy atom. The molecule has 3 aromatic rings. The number of aromatic nitrogens is 1. The van der Waals surface area contributed by atoms with Gasteiger partial charge in [-0.2, -0.15) is 0 Å². The monoisotopic (exact) mass is 331 g/mol. The van der Waals surface area contributed by atoms with Crippen LogP contribution in [-0.4, -0.2) is 15.9 Å². The zero-order valence-corrected chi connectivity index (χ0v) is 14.2. The molecule has 0 aliphatic rings. The summed E-state index contributed by atoms with van der Waals surface area (Å²) in [4.78, 5) is 18.6. The number of nitrogens with one attached hydrogen (secondary N) is 1. The van der Waals surface area contributed by atoms with Gasteiger partial charge in [0.25, 0.3) is 0 Å². The Bertz CT molecular complexity index is 802. The number of carbonyl (C=O) groups is 1. The van der Waals surface area contributed by atoms with Gasteiger partial charge < -0.3 is 10.2 Å². The van der Waals surface area contributed by atoms with Gasteiger partial charge >= 0.3 is 6.03 Å². The summed E-state index contributed by atoms with van der Waals surface area (Å²) in [6, 6.07) is 21.5. The van der Waals surface area contributed by atoms with Crippen LogP contribution in [0.5, 0.6) is 0 Å². The topological polar surface area (TPSA) is 45.2 Å². The number of nitrogens with zero attached hydrogens (tertiary/aromatic N) is 2. The number of amides is 2. The van der Waals surface area contributed by atoms with E-state index < -0.39 is 0 Å². The minimum atomic E-state index is -0.122. The van der Waals surface area contributed by atoms with Gasteiger partial charge in [0.05, 0.1) is 0 Å². The predicted molar refractivity (Wildman–Crippen MR) is 100 cm³/mol. The molecule has 0 unspecified atom stereocenters. The normalized spacial score (nSPS) is 10.3. The van der Waals surface area contributed by atoms with Crippen LogP contribution in [0.25, 0.3) is 0 Å². The summed E-state index contributed by atoms with van der Waals surface area (Å²) >= 11 is 0. The molecule has 0 saturated carbocycles. The summed E-state index contributed by atoms with van der Waals surface area (Å²) in [6.07, 6.45) is 3.49. The number of aryl methyl sites for hydroxylation is 1. The Kier molecular flexibility index (Phi) is 5.42. The lowest BCUT2D eigenvalue weighted by molar-refractivity contribution is 0.206. The molecule has 3 rings (SSSR count). The van der Waals surface area contributed by atoms with Crippen LogP contribution < -0.4 is 5.32 Å². The summed E-state index contributed by atoms with van der Waals surface area (Å²) in [5.41, 5.74) is 4.14. The van der Waals surface area contributed by atoms with Crippen molar-refractivity contribution in [3.8, 4) is 0 Å². The number of hydrogen-bond donors (Lipinski definition) is 1. The van der Waals surface area contributed by atoms with E-state index in [1.54, 1.807) is 17.3 Å². The smallest absolute Gasteiger partial charge is 0.316 e. The molecule has 0 bridgehead atoms. The molecule has 1 heterocycles. The standard InChI is InChI=1S/C21H21N3O/c1-17-7-9-18(10-8-17)15-24(16-19-11-13-22-14-12-19)21(25)23-20-5-3-2-4-6-20/h2-14H,15-16H2,1H3,(H,23,25). The van der Waals surface area contributed by atoms with E-state index in [1.165, 1.54) is 5.56 Å². The van der Waals surface area contributed by atoms with Gasteiger partial charge in [0.15, 0.2) is 0 Å². The Hall–Kier alpha value is -3.14. The van der Waals surface area contributed by atoms with E-state index in [9.17, 15) is 4.79 Å². The number of pyridine rings is 1. The highest BCUT2D eigenvalue weighted by Crippen LogP contribution is 2.14. The lowest BCUT2D eigenvalue weighted by Gasteiger charge is -2.23. The van der Waals surface area contributed by atoms with E-state index in [0.717, 1.165) is 16.8 Å². The average molecular weight is 331 g/mol. The van der Waals surface area contributed by atoms with E-state index >= 15 is 0 Å². The van der Waals surface area contributed by atoms with Crippen molar-refractivity contribution in [2.75, 3.05) is 5.32 Å². The molecule has 0 spiro atoms. The summed E-state index contributed by atoms with van der Waals surface area (Å²) in [5.74, 6) is 0. The molecule has 2 amide bonds. The quantitative estimate of drug-likeness (QED) is 0.741. The molecule has 0 aliphatic heterocycles. The number of benzene rings is 2. The minimum Gasteiger partial charge on any atom is -0.316 e. The van der Waals surface area contributed by atoms with Crippen LogP contribution in [0.4, 0.5) is 10.5 Å². The Morgan fingerprint density at radius 2 is 1.48 bits per heavy atom. The van der Waals surface area contributed by atoms with Gasteiger partial charge in [-0.05, 0) is 42.3 Å². The molecule has 1 N–H and O–H groups in total. The van der Waals surface area contributed by atoms with Crippen LogP contribution in [0, 0.1) is 6.92 Å². The number of hydrogen-bond acceptors (Lipinski definition) is 2. The highest BCUT2D eigenvalue weighted by atomic mass is 16.2. The van der Waals surface area contributed by atoms with E-state index in [2.05, 4.69) is 41.5 Å². The first-order valence-corrected chi connectivity index (χ1v) is 8.26. The highest BCUT2D eigenvalue weighted by Gasteiger charge is 2.15. The van der Waals surface area contributed by atoms with Crippen molar-refractivity contribution >= 4 is 11.7 Å². The van der Waals surface area contributed by atoms with Crippen LogP contribution >= 0.6 is 0 Å². The van der Waals surface area contributed by atoms with E-state index in [4.69, 9.17) is 0 Å². The molecule has 4 heteroatoms. The third kappa shape index (κ3) is 4.91. The highest BCUT2D eigenvalue weighted by molar-refractivity contribution is 5.89. The maximum atomic E-state index is 12.8. The van der Waals surface area contributed by atoms with Crippen LogP contribution in [-0.2, 0) is 13.1 Å². The Morgan fingerprint density at radius 1 is 0.880 bits per heavy atom. The molecule has 0 aliphatic carbocycles. The number of carbonyl (C=O) groups excluding carboxylic acids is 1. The number of para-hydroxylation sites is 1. The average Bonchev–Trinajstić information content (AvgIpc) is 2.64. The second-order valence-electron chi connectivity index (χ2n) is 5.99. The predicted octanol–water partition coefficient (Wildman–Crippen LogP) is 4.62. The van der Waals surface area contributed by atoms with Crippen molar-refractivity contribution < 1.29 is 4.79 Å². The van der Waals surface area contributed by atoms with Crippen molar-refractivity contribution in [3.05, 3.63) is 95.8 Å². The molecule has 0 saturated heterocycles. The van der Waals surface area contributed by atoms with Crippen molar-refractivity contribution in [1.82, 2.24) is 9.88 Å². The molecule has 0 fully saturated rings. The van der Waals surface area contributed by atoms with Crippen LogP contribution in [0.15, 0.2) is 79.1 Å². The molecular formula is C21H21N3O. The second kappa shape index (κ2) is 8.11. The summed E-state index contributed by atoms with van der Waals surface area (Å²) < 4.78 is 0. The van der Waals surface area contributed by atoms with Gasteiger partial charge in [-0.15, -0.1) is 0 Å². The Balaban J connectivity index is 1.77. The van der Waals surface area contributed by atoms with Crippen LogP contribution in [0.1, 0.15) is 16.7 Å². The molecule has 1 aromatic heterocycles. The summed E-state index contributed by atoms with van der Waals surface area (Å²) in [6.45, 7) is 3.12. The number of urea groups is 1. The third-order valence-corrected chi connectivity index (χ3v) is 3.93. The molecular weight excluding hydrogens is 310 g/mol. The first-order chi connectivity index (χ1) is 12.2. The summed E-state index contributed by atoms with van der Waals surface area (Å²) in [5, 5.41) is 2.97. The van der Waals surface area contributed by atoms with Gasteiger partial charge in [0.2, 0.25) is 0 Å². The van der Waals surface area contributed by atoms with E-state index in [1.807, 2.05) is 42.5 Å². The molecule has 0 radical (unpaired) electrons. The molecule has 126 valence electrons. The van der Waals surface area contributed by atoms with Crippen molar-refractivity contribution in [3.63, 3.8) is 0 Å². The summed E-state index contributed by atoms with van der Waals surface area (Å²) in [7, 11) is 0. The van der Waals surface area contributed by atoms with E-state index in [0.29, 0.717) is 13.1 Å². The fourth-order valence-corrected chi connectivity index (χ4v) is 2.55. The molecule has 4 nitrogen and oxygen atoms in total. The van der Waals surface area contributed by atoms with Crippen LogP contribution in [0.3, 0.4) is 0 Å². The zero-order chi connectivity index (χ0) is 17.5. The zero-order valence-electron chi connectivity index (χ0n) is 14.2. The first-order valence-electron chi connectivity index (χ1n) is 8.26. The van der Waals surface area contributed by atoms with Gasteiger partial charge in [-0.1, -0.05) is 48.0 Å². The fourth-order valence-electron chi connectivity index (χ4n) is 2.55. The minimum absolute atomic E-state index is 0.122. The first kappa shape index (κ1) is 16.7. The molecule has 25 heavy (non-hydrogen) atoms. The number of anilines is 1. The molecule has 2 aromatic carbocycles. The third-order valence-electron chi connectivity index (χ3n) is 3.93. The second-order valence-corrected chi connectivity index (χ2v) is 5.99. The van der Waals surface area contributed by atoms with Gasteiger partial charge in [0.1, 0.15) is 0 Å². The maximum Gasteiger partial charge on any atom is 0.322 e. The van der Waals surface area contributed by atoms with Crippen molar-refractivity contribution in [2.45, 2.75) is 20.0 Å². The lowest BCUT2D eigenvalue weighted by Crippen LogP contribution is -2.34. The maximum absolute atomic E-state index is 12.8. The number of rotatable bonds is 5. The van der Waals surface area contributed by atoms with Gasteiger partial charge in [-0.25, -0.2) is 4.79 Å². The van der Waals surface area contributed by atoms with Crippen LogP contribution in [0.2, 0.25) is 0 Å².